The van der Waals surface area contributed by atoms with Gasteiger partial charge in [-0.25, -0.2) is 0 Å². The lowest BCUT2D eigenvalue weighted by Crippen LogP contribution is -2.31. The van der Waals surface area contributed by atoms with Crippen LogP contribution in [0, 0.1) is 0 Å². The number of para-hydroxylation sites is 1. The van der Waals surface area contributed by atoms with E-state index in [1.54, 1.807) is 0 Å². The first-order valence-electron chi connectivity index (χ1n) is 6.44. The minimum Gasteiger partial charge on any atom is -0.492 e. The van der Waals surface area contributed by atoms with Gasteiger partial charge in [-0.05, 0) is 34.1 Å². The highest BCUT2D eigenvalue weighted by molar-refractivity contribution is 9.11. The first-order chi connectivity index (χ1) is 9.72. The fourth-order valence-corrected chi connectivity index (χ4v) is 3.58. The van der Waals surface area contributed by atoms with Gasteiger partial charge >= 0.3 is 0 Å². The molecule has 0 saturated carbocycles. The molecule has 2 heterocycles. The van der Waals surface area contributed by atoms with Crippen LogP contribution in [0.4, 0.5) is 0 Å². The fourth-order valence-electron chi connectivity index (χ4n) is 2.26. The molecule has 1 aromatic heterocycles. The van der Waals surface area contributed by atoms with Gasteiger partial charge in [0.25, 0.3) is 0 Å². The molecule has 1 aromatic carbocycles. The lowest BCUT2D eigenvalue weighted by atomic mass is 10.2. The van der Waals surface area contributed by atoms with Crippen LogP contribution < -0.4 is 4.74 Å². The lowest BCUT2D eigenvalue weighted by Gasteiger charge is -2.17. The van der Waals surface area contributed by atoms with Crippen LogP contribution in [0.15, 0.2) is 40.2 Å². The van der Waals surface area contributed by atoms with E-state index >= 15 is 0 Å². The quantitative estimate of drug-likeness (QED) is 0.791. The molecule has 1 aliphatic rings. The maximum absolute atomic E-state index is 12.3. The van der Waals surface area contributed by atoms with Crippen molar-refractivity contribution in [3.63, 3.8) is 0 Å². The van der Waals surface area contributed by atoms with Crippen LogP contribution >= 0.6 is 27.3 Å². The van der Waals surface area contributed by atoms with Crippen molar-refractivity contribution < 1.29 is 9.53 Å². The summed E-state index contributed by atoms with van der Waals surface area (Å²) in [5.74, 6) is 1.10. The summed E-state index contributed by atoms with van der Waals surface area (Å²) in [5.41, 5.74) is 1.14. The second kappa shape index (κ2) is 6.08. The molecule has 104 valence electrons. The average molecular weight is 352 g/mol. The van der Waals surface area contributed by atoms with Gasteiger partial charge in [0.05, 0.1) is 15.2 Å². The Labute approximate surface area is 130 Å². The normalized spacial score (nSPS) is 15.2. The van der Waals surface area contributed by atoms with E-state index in [4.69, 9.17) is 4.74 Å². The number of rotatable bonds is 3. The molecular weight excluding hydrogens is 338 g/mol. The van der Waals surface area contributed by atoms with E-state index < -0.39 is 0 Å². The largest absolute Gasteiger partial charge is 0.492 e. The molecule has 3 nitrogen and oxygen atoms in total. The van der Waals surface area contributed by atoms with E-state index in [0.29, 0.717) is 13.2 Å². The summed E-state index contributed by atoms with van der Waals surface area (Å²) in [4.78, 5) is 15.2. The molecule has 0 saturated heterocycles. The Morgan fingerprint density at radius 2 is 2.15 bits per heavy atom. The average Bonchev–Trinajstić information content (AvgIpc) is 2.77. The minimum absolute atomic E-state index is 0.167. The van der Waals surface area contributed by atoms with Crippen molar-refractivity contribution in [1.29, 1.82) is 0 Å². The lowest BCUT2D eigenvalue weighted by molar-refractivity contribution is 0.0925. The third-order valence-corrected chi connectivity index (χ3v) is 4.91. The second-order valence-electron chi connectivity index (χ2n) is 4.69. The molecule has 0 radical (unpaired) electrons. The smallest absolute Gasteiger partial charge is 0.186 e. The van der Waals surface area contributed by atoms with Crippen molar-refractivity contribution in [1.82, 2.24) is 4.90 Å². The van der Waals surface area contributed by atoms with Crippen LogP contribution in [-0.4, -0.2) is 30.4 Å². The van der Waals surface area contributed by atoms with Crippen LogP contribution in [0.5, 0.6) is 5.75 Å². The Morgan fingerprint density at radius 3 is 2.95 bits per heavy atom. The number of hydrogen-bond acceptors (Lipinski definition) is 4. The predicted octanol–water partition coefficient (Wildman–Crippen LogP) is 3.59. The maximum Gasteiger partial charge on any atom is 0.186 e. The van der Waals surface area contributed by atoms with Gasteiger partial charge in [0.2, 0.25) is 0 Å². The first-order valence-corrected chi connectivity index (χ1v) is 8.05. The minimum atomic E-state index is 0.167. The van der Waals surface area contributed by atoms with Gasteiger partial charge in [0.15, 0.2) is 5.78 Å². The summed E-state index contributed by atoms with van der Waals surface area (Å²) in [6.45, 7) is 2.59. The standard InChI is InChI=1S/C15H14BrNO2S/c16-15-6-5-14(20-15)12(18)10-17-7-8-19-13-4-2-1-3-11(13)9-17/h1-6H,7-10H2. The summed E-state index contributed by atoms with van der Waals surface area (Å²) < 4.78 is 6.70. The van der Waals surface area contributed by atoms with Gasteiger partial charge in [0.1, 0.15) is 12.4 Å². The van der Waals surface area contributed by atoms with Crippen molar-refractivity contribution in [2.75, 3.05) is 19.7 Å². The number of thiophene rings is 1. The molecule has 0 spiro atoms. The Bertz CT molecular complexity index is 626. The molecule has 0 N–H and O–H groups in total. The predicted molar refractivity (Wildman–Crippen MR) is 83.6 cm³/mol. The van der Waals surface area contributed by atoms with E-state index in [0.717, 1.165) is 33.1 Å². The molecule has 3 rings (SSSR count). The Hall–Kier alpha value is -1.17. The van der Waals surface area contributed by atoms with Gasteiger partial charge in [-0.2, -0.15) is 0 Å². The van der Waals surface area contributed by atoms with Crippen molar-refractivity contribution >= 4 is 33.0 Å². The van der Waals surface area contributed by atoms with Crippen LogP contribution in [0.3, 0.4) is 0 Å². The van der Waals surface area contributed by atoms with Crippen LogP contribution in [-0.2, 0) is 6.54 Å². The number of hydrogen-bond donors (Lipinski definition) is 0. The summed E-state index contributed by atoms with van der Waals surface area (Å²) in [7, 11) is 0. The van der Waals surface area contributed by atoms with Crippen molar-refractivity contribution in [3.05, 3.63) is 50.6 Å². The van der Waals surface area contributed by atoms with Gasteiger partial charge in [-0.15, -0.1) is 11.3 Å². The number of nitrogens with zero attached hydrogens (tertiary/aromatic N) is 1. The molecule has 0 atom stereocenters. The molecular formula is C15H14BrNO2S. The third kappa shape index (κ3) is 3.11. The number of ketones is 1. The van der Waals surface area contributed by atoms with Gasteiger partial charge in [-0.1, -0.05) is 18.2 Å². The van der Waals surface area contributed by atoms with Crippen molar-refractivity contribution in [2.45, 2.75) is 6.54 Å². The second-order valence-corrected chi connectivity index (χ2v) is 7.16. The highest BCUT2D eigenvalue weighted by atomic mass is 79.9. The van der Waals surface area contributed by atoms with Crippen LogP contribution in [0.2, 0.25) is 0 Å². The molecule has 0 aliphatic carbocycles. The molecule has 20 heavy (non-hydrogen) atoms. The van der Waals surface area contributed by atoms with E-state index in [9.17, 15) is 4.79 Å². The van der Waals surface area contributed by atoms with Crippen molar-refractivity contribution in [3.8, 4) is 5.75 Å². The van der Waals surface area contributed by atoms with E-state index in [1.165, 1.54) is 11.3 Å². The molecule has 5 heteroatoms. The summed E-state index contributed by atoms with van der Waals surface area (Å²) >= 11 is 4.88. The van der Waals surface area contributed by atoms with Gasteiger partial charge in [0, 0.05) is 18.7 Å². The first kappa shape index (κ1) is 13.8. The zero-order chi connectivity index (χ0) is 13.9. The Morgan fingerprint density at radius 1 is 1.30 bits per heavy atom. The zero-order valence-corrected chi connectivity index (χ0v) is 13.2. The highest BCUT2D eigenvalue weighted by Crippen LogP contribution is 2.25. The van der Waals surface area contributed by atoms with Crippen LogP contribution in [0.1, 0.15) is 15.2 Å². The number of carbonyl (C=O) groups is 1. The monoisotopic (exact) mass is 351 g/mol. The van der Waals surface area contributed by atoms with Gasteiger partial charge in [-0.3, -0.25) is 9.69 Å². The molecule has 0 fully saturated rings. The van der Waals surface area contributed by atoms with Gasteiger partial charge < -0.3 is 4.74 Å². The van der Waals surface area contributed by atoms with Crippen molar-refractivity contribution in [2.24, 2.45) is 0 Å². The third-order valence-electron chi connectivity index (χ3n) is 3.25. The SMILES string of the molecule is O=C(CN1CCOc2ccccc2C1)c1ccc(Br)s1. The highest BCUT2D eigenvalue weighted by Gasteiger charge is 2.18. The van der Waals surface area contributed by atoms with Crippen LogP contribution in [0.25, 0.3) is 0 Å². The fraction of sp³-hybridized carbons (Fsp3) is 0.267. The molecule has 0 bridgehead atoms. The van der Waals surface area contributed by atoms with E-state index in [1.807, 2.05) is 30.3 Å². The number of Topliss-reactive ketones (excluding diaryl/α,β-unsaturated/α-hetero) is 1. The number of ether oxygens (including phenoxy) is 1. The Balaban J connectivity index is 1.71. The van der Waals surface area contributed by atoms with E-state index in [2.05, 4.69) is 26.9 Å². The molecule has 2 aromatic rings. The number of halogens is 1. The number of carbonyl (C=O) groups excluding carboxylic acids is 1. The molecule has 0 amide bonds. The maximum atomic E-state index is 12.3. The Kier molecular flexibility index (Phi) is 4.19. The summed E-state index contributed by atoms with van der Waals surface area (Å²) in [6, 6.07) is 11.8. The number of fused-ring (bicyclic) bond motifs is 1. The summed E-state index contributed by atoms with van der Waals surface area (Å²) in [5, 5.41) is 0. The zero-order valence-electron chi connectivity index (χ0n) is 10.8. The summed E-state index contributed by atoms with van der Waals surface area (Å²) in [6.07, 6.45) is 0. The van der Waals surface area contributed by atoms with E-state index in [-0.39, 0.29) is 5.78 Å². The molecule has 0 unspecified atom stereocenters. The topological polar surface area (TPSA) is 29.5 Å². The number of benzene rings is 1. The molecule has 1 aliphatic heterocycles.